The van der Waals surface area contributed by atoms with Gasteiger partial charge in [-0.05, 0) is 34.6 Å². The number of aliphatic hydroxyl groups excluding tert-OH is 8. The summed E-state index contributed by atoms with van der Waals surface area (Å²) in [4.78, 5) is 60.0. The highest BCUT2D eigenvalue weighted by molar-refractivity contribution is 5.88. The molecule has 26 heteroatoms. The zero-order valence-corrected chi connectivity index (χ0v) is 41.7. The standard InChI is InChI=1S/C47H72O26/c1-24(2)41(56)65-16-29(49)12-61-23-47(71-21-33(53)20-69-45(60)28(9)10)40(55)36(54)35(73-47)22-70-46-39(64-15-32(52)19-68-44(59)27(7)8)38(63-14-31(51)18-67-43(58)26(5)6)37(34(11-48)72-46)62-13-30(50)17-66-42(57)25(3)4/h29-40,46,48-55H,1,3,5,7,9,11-23H2,2,4,6,8,10H3/t29?,30?,31?,32?,33?,34-,35-,36-,37-,38+,39-,40+,46+,47-/m1/s1. The molecule has 0 aliphatic carbocycles. The van der Waals surface area contributed by atoms with Gasteiger partial charge in [-0.1, -0.05) is 32.9 Å². The van der Waals surface area contributed by atoms with Gasteiger partial charge in [0.05, 0.1) is 46.2 Å². The van der Waals surface area contributed by atoms with Crippen molar-refractivity contribution in [2.75, 3.05) is 85.9 Å². The number of carbonyl (C=O) groups excluding carboxylic acids is 5. The molecule has 2 rings (SSSR count). The van der Waals surface area contributed by atoms with Gasteiger partial charge in [-0.15, -0.1) is 0 Å². The Morgan fingerprint density at radius 1 is 0.493 bits per heavy atom. The molecule has 2 fully saturated rings. The van der Waals surface area contributed by atoms with Crippen molar-refractivity contribution < 1.29 is 126 Å². The Balaban J connectivity index is 2.52. The maximum absolute atomic E-state index is 12.1. The lowest BCUT2D eigenvalue weighted by Crippen LogP contribution is -2.63. The van der Waals surface area contributed by atoms with E-state index in [1.807, 2.05) is 0 Å². The molecule has 26 nitrogen and oxygen atoms in total. The fourth-order valence-electron chi connectivity index (χ4n) is 6.15. The molecule has 0 aromatic heterocycles. The summed E-state index contributed by atoms with van der Waals surface area (Å²) in [7, 11) is 0. The van der Waals surface area contributed by atoms with E-state index in [0.717, 1.165) is 0 Å². The number of aliphatic hydroxyl groups is 8. The van der Waals surface area contributed by atoms with Crippen LogP contribution >= 0.6 is 0 Å². The van der Waals surface area contributed by atoms with Gasteiger partial charge in [0.25, 0.3) is 0 Å². The molecule has 73 heavy (non-hydrogen) atoms. The normalized spacial score (nSPS) is 25.8. The second kappa shape index (κ2) is 32.0. The van der Waals surface area contributed by atoms with Crippen LogP contribution in [0.4, 0.5) is 0 Å². The largest absolute Gasteiger partial charge is 0.460 e. The number of carbonyl (C=O) groups is 5. The second-order valence-electron chi connectivity index (χ2n) is 17.3. The lowest BCUT2D eigenvalue weighted by molar-refractivity contribution is -0.335. The van der Waals surface area contributed by atoms with Gasteiger partial charge in [-0.3, -0.25) is 0 Å². The summed E-state index contributed by atoms with van der Waals surface area (Å²) >= 11 is 0. The van der Waals surface area contributed by atoms with E-state index in [1.54, 1.807) is 0 Å². The van der Waals surface area contributed by atoms with Gasteiger partial charge in [0.15, 0.2) is 6.29 Å². The first kappa shape index (κ1) is 64.5. The van der Waals surface area contributed by atoms with Gasteiger partial charge < -0.3 is 102 Å². The maximum Gasteiger partial charge on any atom is 0.333 e. The fourth-order valence-corrected chi connectivity index (χ4v) is 6.15. The molecular formula is C47H72O26. The van der Waals surface area contributed by atoms with E-state index in [2.05, 4.69) is 32.9 Å². The van der Waals surface area contributed by atoms with E-state index in [0.29, 0.717) is 0 Å². The quantitative estimate of drug-likeness (QED) is 0.0180. The molecule has 0 bridgehead atoms. The molecule has 2 heterocycles. The van der Waals surface area contributed by atoms with Crippen LogP contribution in [0, 0.1) is 0 Å². The van der Waals surface area contributed by atoms with Crippen LogP contribution in [0.2, 0.25) is 0 Å². The van der Waals surface area contributed by atoms with Gasteiger partial charge in [0, 0.05) is 27.9 Å². The van der Waals surface area contributed by atoms with Crippen molar-refractivity contribution in [3.63, 3.8) is 0 Å². The fraction of sp³-hybridized carbons (Fsp3) is 0.681. The molecule has 416 valence electrons. The molecule has 0 aromatic rings. The van der Waals surface area contributed by atoms with E-state index >= 15 is 0 Å². The summed E-state index contributed by atoms with van der Waals surface area (Å²) < 4.78 is 72.6. The zero-order chi connectivity index (χ0) is 55.2. The summed E-state index contributed by atoms with van der Waals surface area (Å²) in [5.41, 5.74) is 0.190. The molecule has 0 aromatic carbocycles. The van der Waals surface area contributed by atoms with Crippen LogP contribution in [0.3, 0.4) is 0 Å². The molecule has 0 amide bonds. The van der Waals surface area contributed by atoms with Gasteiger partial charge >= 0.3 is 29.8 Å². The van der Waals surface area contributed by atoms with E-state index in [-0.39, 0.29) is 27.9 Å². The van der Waals surface area contributed by atoms with Crippen molar-refractivity contribution in [3.8, 4) is 0 Å². The highest BCUT2D eigenvalue weighted by atomic mass is 16.8. The van der Waals surface area contributed by atoms with Crippen molar-refractivity contribution in [1.29, 1.82) is 0 Å². The summed E-state index contributed by atoms with van der Waals surface area (Å²) in [5, 5.41) is 86.9. The lowest BCUT2D eigenvalue weighted by Gasteiger charge is -2.46. The first-order valence-electron chi connectivity index (χ1n) is 22.7. The third-order valence-electron chi connectivity index (χ3n) is 10.1. The third kappa shape index (κ3) is 22.0. The Morgan fingerprint density at radius 3 is 1.23 bits per heavy atom. The topological polar surface area (TPSA) is 367 Å². The molecule has 2 aliphatic heterocycles. The lowest BCUT2D eigenvalue weighted by atomic mass is 9.98. The van der Waals surface area contributed by atoms with E-state index in [1.165, 1.54) is 34.6 Å². The van der Waals surface area contributed by atoms with Crippen LogP contribution < -0.4 is 0 Å². The minimum atomic E-state index is -2.36. The predicted molar refractivity (Wildman–Crippen MR) is 246 cm³/mol. The van der Waals surface area contributed by atoms with Crippen LogP contribution in [0.25, 0.3) is 0 Å². The number of ether oxygens (including phenoxy) is 13. The maximum atomic E-state index is 12.1. The Bertz CT molecular complexity index is 1870. The van der Waals surface area contributed by atoms with Gasteiger partial charge in [-0.25, -0.2) is 24.0 Å². The number of esters is 5. The van der Waals surface area contributed by atoms with E-state index < -0.39 is 201 Å². The molecule has 2 saturated heterocycles. The van der Waals surface area contributed by atoms with Crippen molar-refractivity contribution in [2.45, 2.75) is 120 Å². The Labute approximate surface area is 422 Å². The Kier molecular flexibility index (Phi) is 28.3. The Hall–Kier alpha value is -4.59. The third-order valence-corrected chi connectivity index (χ3v) is 10.1. The van der Waals surface area contributed by atoms with Crippen LogP contribution in [0.5, 0.6) is 0 Å². The molecule has 0 saturated carbocycles. The van der Waals surface area contributed by atoms with Crippen molar-refractivity contribution in [2.24, 2.45) is 0 Å². The average Bonchev–Trinajstić information content (AvgIpc) is 3.57. The van der Waals surface area contributed by atoms with Crippen LogP contribution in [0.15, 0.2) is 60.8 Å². The van der Waals surface area contributed by atoms with E-state index in [4.69, 9.17) is 61.6 Å². The van der Waals surface area contributed by atoms with Gasteiger partial charge in [0.1, 0.15) is 113 Å². The first-order valence-corrected chi connectivity index (χ1v) is 22.7. The highest BCUT2D eigenvalue weighted by Crippen LogP contribution is 2.35. The molecule has 14 atom stereocenters. The van der Waals surface area contributed by atoms with Gasteiger partial charge in [0.2, 0.25) is 5.79 Å². The smallest absolute Gasteiger partial charge is 0.333 e. The summed E-state index contributed by atoms with van der Waals surface area (Å²) in [6.07, 6.45) is -20.8. The minimum Gasteiger partial charge on any atom is -0.460 e. The first-order chi connectivity index (χ1) is 34.2. The number of hydrogen-bond donors (Lipinski definition) is 8. The van der Waals surface area contributed by atoms with Crippen molar-refractivity contribution >= 4 is 29.8 Å². The van der Waals surface area contributed by atoms with Gasteiger partial charge in [-0.2, -0.15) is 0 Å². The summed E-state index contributed by atoms with van der Waals surface area (Å²) in [6.45, 7) is 15.8. The monoisotopic (exact) mass is 1050 g/mol. The number of hydrogen-bond acceptors (Lipinski definition) is 26. The molecule has 5 unspecified atom stereocenters. The molecular weight excluding hydrogens is 980 g/mol. The molecule has 2 aliphatic rings. The van der Waals surface area contributed by atoms with Crippen LogP contribution in [0.1, 0.15) is 34.6 Å². The number of rotatable bonds is 35. The highest BCUT2D eigenvalue weighted by Gasteiger charge is 2.57. The predicted octanol–water partition coefficient (Wildman–Crippen LogP) is -2.87. The average molecular weight is 1050 g/mol. The van der Waals surface area contributed by atoms with E-state index in [9.17, 15) is 64.8 Å². The summed E-state index contributed by atoms with van der Waals surface area (Å²) in [5.74, 6) is -6.46. The van der Waals surface area contributed by atoms with Crippen molar-refractivity contribution in [3.05, 3.63) is 60.8 Å². The molecule has 0 radical (unpaired) electrons. The van der Waals surface area contributed by atoms with Crippen LogP contribution in [-0.2, 0) is 85.6 Å². The second-order valence-corrected chi connectivity index (χ2v) is 17.3. The molecule has 0 spiro atoms. The molecule has 8 N–H and O–H groups in total. The zero-order valence-electron chi connectivity index (χ0n) is 41.7. The van der Waals surface area contributed by atoms with Crippen LogP contribution in [-0.4, -0.2) is 242 Å². The summed E-state index contributed by atoms with van der Waals surface area (Å²) in [6, 6.07) is 0. The van der Waals surface area contributed by atoms with Crippen molar-refractivity contribution in [1.82, 2.24) is 0 Å². The minimum absolute atomic E-state index is 0.0247. The Morgan fingerprint density at radius 2 is 0.849 bits per heavy atom. The SMILES string of the molecule is C=C(C)C(=O)OCC(O)COC[C@@]1(OCC(O)COC(=O)C(=C)C)O[C@H](CO[C@H]2O[C@H](CO)[C@@H](OCC(O)COC(=O)C(=C)C)[C@H](OCC(O)COC(=O)C(=C)C)[C@H]2OCC(O)COC(=O)C(=C)C)[C@@H](O)[C@@H]1O.